The van der Waals surface area contributed by atoms with Crippen LogP contribution in [0, 0.1) is 16.7 Å². The molecule has 4 heteroatoms. The minimum atomic E-state index is 0.326. The molecular formula is C17H26N4. The molecule has 3 unspecified atom stereocenters. The van der Waals surface area contributed by atoms with Crippen molar-refractivity contribution in [1.82, 2.24) is 9.97 Å². The molecular weight excluding hydrogens is 260 g/mol. The zero-order valence-corrected chi connectivity index (χ0v) is 13.3. The Kier molecular flexibility index (Phi) is 2.61. The predicted molar refractivity (Wildman–Crippen MR) is 85.1 cm³/mol. The first-order valence-electron chi connectivity index (χ1n) is 8.29. The Bertz CT molecular complexity index is 573. The van der Waals surface area contributed by atoms with Crippen molar-refractivity contribution >= 4 is 11.6 Å². The fourth-order valence-electron chi connectivity index (χ4n) is 4.89. The zero-order chi connectivity index (χ0) is 14.8. The number of nitrogen functional groups attached to an aromatic ring is 1. The van der Waals surface area contributed by atoms with Crippen LogP contribution in [0.1, 0.15) is 64.6 Å². The summed E-state index contributed by atoms with van der Waals surface area (Å²) < 4.78 is 0. The van der Waals surface area contributed by atoms with Gasteiger partial charge in [0, 0.05) is 18.0 Å². The third-order valence-corrected chi connectivity index (χ3v) is 6.27. The second-order valence-corrected chi connectivity index (χ2v) is 8.30. The fraction of sp³-hybridized carbons (Fsp3) is 0.765. The van der Waals surface area contributed by atoms with Gasteiger partial charge in [-0.15, -0.1) is 0 Å². The molecule has 1 heterocycles. The van der Waals surface area contributed by atoms with E-state index in [2.05, 4.69) is 31.1 Å². The highest BCUT2D eigenvalue weighted by Crippen LogP contribution is 2.63. The van der Waals surface area contributed by atoms with E-state index in [9.17, 15) is 0 Å². The minimum absolute atomic E-state index is 0.326. The standard InChI is InChI=1S/C17H26N4/c1-16(2)11-6-7-17(3,9-11)15(16)21-13-8-12(18)19-14(20-13)10-4-5-10/h8,10-11,15H,4-7,9H2,1-3H3,(H3,18,19,20,21). The number of rotatable bonds is 3. The molecule has 3 saturated carbocycles. The van der Waals surface area contributed by atoms with Crippen molar-refractivity contribution in [3.05, 3.63) is 11.9 Å². The van der Waals surface area contributed by atoms with Gasteiger partial charge in [0.1, 0.15) is 17.5 Å². The summed E-state index contributed by atoms with van der Waals surface area (Å²) >= 11 is 0. The van der Waals surface area contributed by atoms with Crippen LogP contribution in [0.5, 0.6) is 0 Å². The van der Waals surface area contributed by atoms with Crippen LogP contribution in [0.3, 0.4) is 0 Å². The highest BCUT2D eigenvalue weighted by Gasteiger charge is 2.59. The summed E-state index contributed by atoms with van der Waals surface area (Å²) in [5.74, 6) is 3.83. The van der Waals surface area contributed by atoms with E-state index in [-0.39, 0.29) is 0 Å². The van der Waals surface area contributed by atoms with E-state index in [1.54, 1.807) is 0 Å². The van der Waals surface area contributed by atoms with Gasteiger partial charge in [-0.05, 0) is 48.9 Å². The Balaban J connectivity index is 1.63. The topological polar surface area (TPSA) is 63.8 Å². The maximum absolute atomic E-state index is 5.98. The Hall–Kier alpha value is -1.32. The molecule has 1 aromatic rings. The molecule has 0 saturated heterocycles. The van der Waals surface area contributed by atoms with E-state index in [1.165, 1.54) is 32.1 Å². The van der Waals surface area contributed by atoms with Gasteiger partial charge in [0.15, 0.2) is 0 Å². The van der Waals surface area contributed by atoms with Crippen molar-refractivity contribution in [2.75, 3.05) is 11.1 Å². The van der Waals surface area contributed by atoms with Crippen LogP contribution in [-0.2, 0) is 0 Å². The van der Waals surface area contributed by atoms with Gasteiger partial charge < -0.3 is 11.1 Å². The van der Waals surface area contributed by atoms with Crippen molar-refractivity contribution in [3.63, 3.8) is 0 Å². The molecule has 3 N–H and O–H groups in total. The van der Waals surface area contributed by atoms with Crippen molar-refractivity contribution in [1.29, 1.82) is 0 Å². The molecule has 4 nitrogen and oxygen atoms in total. The lowest BCUT2D eigenvalue weighted by Crippen LogP contribution is -2.46. The highest BCUT2D eigenvalue weighted by atomic mass is 15.1. The SMILES string of the molecule is CC12CCC(C1)C(C)(C)C2Nc1cc(N)nc(C2CC2)n1. The molecule has 21 heavy (non-hydrogen) atoms. The fourth-order valence-corrected chi connectivity index (χ4v) is 4.89. The lowest BCUT2D eigenvalue weighted by Gasteiger charge is -2.43. The smallest absolute Gasteiger partial charge is 0.136 e. The number of fused-ring (bicyclic) bond motifs is 2. The first kappa shape index (κ1) is 13.4. The van der Waals surface area contributed by atoms with Crippen molar-refractivity contribution < 1.29 is 0 Å². The van der Waals surface area contributed by atoms with Gasteiger partial charge in [-0.25, -0.2) is 9.97 Å². The maximum Gasteiger partial charge on any atom is 0.136 e. The van der Waals surface area contributed by atoms with Crippen LogP contribution in [0.2, 0.25) is 0 Å². The van der Waals surface area contributed by atoms with Gasteiger partial charge in [0.25, 0.3) is 0 Å². The largest absolute Gasteiger partial charge is 0.384 e. The monoisotopic (exact) mass is 286 g/mol. The summed E-state index contributed by atoms with van der Waals surface area (Å²) in [7, 11) is 0. The van der Waals surface area contributed by atoms with E-state index in [4.69, 9.17) is 10.7 Å². The summed E-state index contributed by atoms with van der Waals surface area (Å²) in [5.41, 5.74) is 6.71. The van der Waals surface area contributed by atoms with Crippen LogP contribution in [0.15, 0.2) is 6.07 Å². The summed E-state index contributed by atoms with van der Waals surface area (Å²) in [6.07, 6.45) is 6.46. The second-order valence-electron chi connectivity index (χ2n) is 8.30. The van der Waals surface area contributed by atoms with Gasteiger partial charge in [0.2, 0.25) is 0 Å². The number of nitrogens with zero attached hydrogens (tertiary/aromatic N) is 2. The predicted octanol–water partition coefficient (Wildman–Crippen LogP) is 3.56. The number of aromatic nitrogens is 2. The molecule has 0 aliphatic heterocycles. The van der Waals surface area contributed by atoms with E-state index >= 15 is 0 Å². The van der Waals surface area contributed by atoms with Gasteiger partial charge >= 0.3 is 0 Å². The third-order valence-electron chi connectivity index (χ3n) is 6.27. The van der Waals surface area contributed by atoms with Gasteiger partial charge in [-0.3, -0.25) is 0 Å². The number of anilines is 2. The summed E-state index contributed by atoms with van der Waals surface area (Å²) in [6, 6.07) is 2.38. The maximum atomic E-state index is 5.98. The molecule has 3 fully saturated rings. The first-order chi connectivity index (χ1) is 9.88. The number of nitrogens with one attached hydrogen (secondary N) is 1. The van der Waals surface area contributed by atoms with Crippen LogP contribution < -0.4 is 11.1 Å². The molecule has 1 aromatic heterocycles. The molecule has 0 spiro atoms. The number of nitrogens with two attached hydrogens (primary N) is 1. The van der Waals surface area contributed by atoms with Gasteiger partial charge in [-0.2, -0.15) is 0 Å². The number of hydrogen-bond donors (Lipinski definition) is 2. The lowest BCUT2D eigenvalue weighted by atomic mass is 9.68. The first-order valence-corrected chi connectivity index (χ1v) is 8.29. The lowest BCUT2D eigenvalue weighted by molar-refractivity contribution is 0.155. The quantitative estimate of drug-likeness (QED) is 0.891. The summed E-state index contributed by atoms with van der Waals surface area (Å²) in [4.78, 5) is 9.14. The molecule has 3 aliphatic rings. The molecule has 4 rings (SSSR count). The number of hydrogen-bond acceptors (Lipinski definition) is 4. The van der Waals surface area contributed by atoms with Crippen molar-refractivity contribution in [3.8, 4) is 0 Å². The average molecular weight is 286 g/mol. The van der Waals surface area contributed by atoms with Gasteiger partial charge in [-0.1, -0.05) is 20.8 Å². The molecule has 2 bridgehead atoms. The second kappa shape index (κ2) is 4.11. The Labute approximate surface area is 126 Å². The van der Waals surface area contributed by atoms with E-state index in [0.29, 0.717) is 28.6 Å². The van der Waals surface area contributed by atoms with E-state index in [1.807, 2.05) is 6.07 Å². The minimum Gasteiger partial charge on any atom is -0.384 e. The normalized spacial score (nSPS) is 36.9. The van der Waals surface area contributed by atoms with Crippen LogP contribution in [-0.4, -0.2) is 16.0 Å². The zero-order valence-electron chi connectivity index (χ0n) is 13.3. The summed E-state index contributed by atoms with van der Waals surface area (Å²) in [5, 5.41) is 3.74. The van der Waals surface area contributed by atoms with E-state index in [0.717, 1.165) is 17.6 Å². The Morgan fingerprint density at radius 2 is 1.95 bits per heavy atom. The molecule has 3 atom stereocenters. The molecule has 114 valence electrons. The van der Waals surface area contributed by atoms with Crippen molar-refractivity contribution in [2.24, 2.45) is 16.7 Å². The molecule has 0 aromatic carbocycles. The average Bonchev–Trinajstić information content (AvgIpc) is 3.14. The highest BCUT2D eigenvalue weighted by molar-refractivity contribution is 5.47. The van der Waals surface area contributed by atoms with Crippen molar-refractivity contribution in [2.45, 2.75) is 64.8 Å². The Morgan fingerprint density at radius 3 is 2.57 bits per heavy atom. The molecule has 0 radical (unpaired) electrons. The third kappa shape index (κ3) is 2.02. The Morgan fingerprint density at radius 1 is 1.19 bits per heavy atom. The van der Waals surface area contributed by atoms with E-state index < -0.39 is 0 Å². The summed E-state index contributed by atoms with van der Waals surface area (Å²) in [6.45, 7) is 7.25. The molecule has 0 amide bonds. The van der Waals surface area contributed by atoms with Crippen LogP contribution in [0.4, 0.5) is 11.6 Å². The molecule has 3 aliphatic carbocycles. The van der Waals surface area contributed by atoms with Gasteiger partial charge in [0.05, 0.1) is 0 Å². The van der Waals surface area contributed by atoms with Crippen LogP contribution >= 0.6 is 0 Å². The van der Waals surface area contributed by atoms with Crippen LogP contribution in [0.25, 0.3) is 0 Å².